The van der Waals surface area contributed by atoms with Gasteiger partial charge in [0.25, 0.3) is 0 Å². The van der Waals surface area contributed by atoms with E-state index in [4.69, 9.17) is 4.74 Å². The van der Waals surface area contributed by atoms with Crippen molar-refractivity contribution in [3.05, 3.63) is 16.4 Å². The largest absolute Gasteiger partial charge is 0.384 e. The molecule has 0 aromatic carbocycles. The Morgan fingerprint density at radius 1 is 1.59 bits per heavy atom. The van der Waals surface area contributed by atoms with Crippen molar-refractivity contribution in [3.63, 3.8) is 0 Å². The number of ether oxygens (including phenoxy) is 1. The number of hydrogen-bond acceptors (Lipinski definition) is 3. The maximum absolute atomic E-state index is 10.5. The van der Waals surface area contributed by atoms with Crippen molar-refractivity contribution in [2.24, 2.45) is 0 Å². The highest BCUT2D eigenvalue weighted by Gasteiger charge is 2.35. The molecule has 0 radical (unpaired) electrons. The standard InChI is InChI=1S/C12H21BrN2O2/c1-5-7-15-10(9(13)8-14-15)11(16)12(3,6-2)17-4/h8,11,16H,5-7H2,1-4H3. The predicted octanol–water partition coefficient (Wildman–Crippen LogP) is 2.90. The molecule has 0 aliphatic heterocycles. The van der Waals surface area contributed by atoms with Gasteiger partial charge in [0, 0.05) is 13.7 Å². The normalized spacial score (nSPS) is 16.8. The Bertz CT molecular complexity index is 361. The molecule has 1 N–H and O–H groups in total. The third-order valence-corrected chi connectivity index (χ3v) is 3.89. The summed E-state index contributed by atoms with van der Waals surface area (Å²) in [6.45, 7) is 6.79. The van der Waals surface area contributed by atoms with E-state index in [-0.39, 0.29) is 0 Å². The smallest absolute Gasteiger partial charge is 0.125 e. The minimum Gasteiger partial charge on any atom is -0.384 e. The van der Waals surface area contributed by atoms with E-state index in [0.29, 0.717) is 0 Å². The molecule has 17 heavy (non-hydrogen) atoms. The average Bonchev–Trinajstić information content (AvgIpc) is 2.69. The summed E-state index contributed by atoms with van der Waals surface area (Å²) in [7, 11) is 1.63. The maximum atomic E-state index is 10.5. The van der Waals surface area contributed by atoms with Gasteiger partial charge in [0.2, 0.25) is 0 Å². The first-order valence-corrected chi connectivity index (χ1v) is 6.73. The number of aliphatic hydroxyl groups excluding tert-OH is 1. The Labute approximate surface area is 111 Å². The molecule has 2 unspecified atom stereocenters. The number of aromatic nitrogens is 2. The monoisotopic (exact) mass is 304 g/mol. The highest BCUT2D eigenvalue weighted by molar-refractivity contribution is 9.10. The van der Waals surface area contributed by atoms with Crippen molar-refractivity contribution in [1.82, 2.24) is 9.78 Å². The van der Waals surface area contributed by atoms with Gasteiger partial charge in [-0.05, 0) is 35.7 Å². The van der Waals surface area contributed by atoms with Gasteiger partial charge in [-0.25, -0.2) is 0 Å². The van der Waals surface area contributed by atoms with Gasteiger partial charge >= 0.3 is 0 Å². The second-order valence-corrected chi connectivity index (χ2v) is 5.23. The Hall–Kier alpha value is -0.390. The average molecular weight is 305 g/mol. The van der Waals surface area contributed by atoms with Gasteiger partial charge in [0.05, 0.1) is 22.0 Å². The van der Waals surface area contributed by atoms with E-state index in [0.717, 1.165) is 29.6 Å². The Morgan fingerprint density at radius 3 is 2.71 bits per heavy atom. The van der Waals surface area contributed by atoms with E-state index >= 15 is 0 Å². The van der Waals surface area contributed by atoms with Crippen LogP contribution in [0.3, 0.4) is 0 Å². The number of aliphatic hydroxyl groups is 1. The molecule has 1 aromatic rings. The van der Waals surface area contributed by atoms with E-state index in [9.17, 15) is 5.11 Å². The van der Waals surface area contributed by atoms with Crippen molar-refractivity contribution in [2.75, 3.05) is 7.11 Å². The van der Waals surface area contributed by atoms with E-state index in [2.05, 4.69) is 28.0 Å². The third kappa shape index (κ3) is 2.89. The zero-order valence-electron chi connectivity index (χ0n) is 10.9. The topological polar surface area (TPSA) is 47.3 Å². The maximum Gasteiger partial charge on any atom is 0.125 e. The van der Waals surface area contributed by atoms with Crippen molar-refractivity contribution in [2.45, 2.75) is 51.9 Å². The van der Waals surface area contributed by atoms with Crippen LogP contribution < -0.4 is 0 Å². The lowest BCUT2D eigenvalue weighted by Gasteiger charge is -2.32. The second kappa shape index (κ2) is 5.98. The van der Waals surface area contributed by atoms with Crippen LogP contribution in [0.4, 0.5) is 0 Å². The van der Waals surface area contributed by atoms with Crippen LogP contribution in [0.15, 0.2) is 10.7 Å². The Kier molecular flexibility index (Phi) is 5.16. The molecule has 0 aliphatic carbocycles. The zero-order chi connectivity index (χ0) is 13.1. The Morgan fingerprint density at radius 2 is 2.24 bits per heavy atom. The fourth-order valence-electron chi connectivity index (χ4n) is 1.77. The number of hydrogen-bond donors (Lipinski definition) is 1. The van der Waals surface area contributed by atoms with Crippen LogP contribution in [0.5, 0.6) is 0 Å². The fraction of sp³-hybridized carbons (Fsp3) is 0.750. The van der Waals surface area contributed by atoms with Crippen molar-refractivity contribution in [3.8, 4) is 0 Å². The molecule has 5 heteroatoms. The van der Waals surface area contributed by atoms with E-state index in [1.165, 1.54) is 0 Å². The Balaban J connectivity index is 3.09. The summed E-state index contributed by atoms with van der Waals surface area (Å²) in [5.74, 6) is 0. The van der Waals surface area contributed by atoms with Crippen molar-refractivity contribution < 1.29 is 9.84 Å². The molecule has 0 saturated carbocycles. The second-order valence-electron chi connectivity index (χ2n) is 4.37. The first kappa shape index (κ1) is 14.7. The molecule has 1 aromatic heterocycles. The lowest BCUT2D eigenvalue weighted by atomic mass is 9.93. The van der Waals surface area contributed by atoms with Gasteiger partial charge < -0.3 is 9.84 Å². The number of nitrogens with zero attached hydrogens (tertiary/aromatic N) is 2. The van der Waals surface area contributed by atoms with Crippen LogP contribution >= 0.6 is 15.9 Å². The predicted molar refractivity (Wildman–Crippen MR) is 70.9 cm³/mol. The molecular formula is C12H21BrN2O2. The molecule has 0 bridgehead atoms. The summed E-state index contributed by atoms with van der Waals surface area (Å²) in [6, 6.07) is 0. The summed E-state index contributed by atoms with van der Waals surface area (Å²) in [5.41, 5.74) is 0.201. The summed E-state index contributed by atoms with van der Waals surface area (Å²) in [4.78, 5) is 0. The molecule has 0 aliphatic rings. The lowest BCUT2D eigenvalue weighted by molar-refractivity contribution is -0.0978. The van der Waals surface area contributed by atoms with E-state index in [1.54, 1.807) is 13.3 Å². The van der Waals surface area contributed by atoms with Gasteiger partial charge in [-0.2, -0.15) is 5.10 Å². The van der Waals surface area contributed by atoms with E-state index in [1.807, 2.05) is 18.5 Å². The highest BCUT2D eigenvalue weighted by Crippen LogP contribution is 2.35. The molecule has 0 saturated heterocycles. The molecule has 0 spiro atoms. The number of methoxy groups -OCH3 is 1. The van der Waals surface area contributed by atoms with Crippen LogP contribution in [0.2, 0.25) is 0 Å². The number of rotatable bonds is 6. The molecule has 1 heterocycles. The molecule has 0 fully saturated rings. The molecule has 0 amide bonds. The molecule has 4 nitrogen and oxygen atoms in total. The van der Waals surface area contributed by atoms with Crippen LogP contribution in [0, 0.1) is 0 Å². The van der Waals surface area contributed by atoms with Gasteiger partial charge in [0.15, 0.2) is 0 Å². The van der Waals surface area contributed by atoms with Crippen molar-refractivity contribution >= 4 is 15.9 Å². The van der Waals surface area contributed by atoms with E-state index < -0.39 is 11.7 Å². The van der Waals surface area contributed by atoms with Crippen LogP contribution in [-0.4, -0.2) is 27.6 Å². The molecule has 2 atom stereocenters. The number of halogens is 1. The molecular weight excluding hydrogens is 284 g/mol. The van der Waals surface area contributed by atoms with Gasteiger partial charge in [-0.3, -0.25) is 4.68 Å². The molecule has 1 rings (SSSR count). The van der Waals surface area contributed by atoms with Gasteiger partial charge in [-0.1, -0.05) is 13.8 Å². The summed E-state index contributed by atoms with van der Waals surface area (Å²) in [6.07, 6.45) is 2.74. The summed E-state index contributed by atoms with van der Waals surface area (Å²) in [5, 5.41) is 14.8. The van der Waals surface area contributed by atoms with Crippen LogP contribution in [0.1, 0.15) is 45.4 Å². The third-order valence-electron chi connectivity index (χ3n) is 3.27. The van der Waals surface area contributed by atoms with Crippen molar-refractivity contribution in [1.29, 1.82) is 0 Å². The van der Waals surface area contributed by atoms with Crippen LogP contribution in [-0.2, 0) is 11.3 Å². The summed E-state index contributed by atoms with van der Waals surface area (Å²) >= 11 is 3.44. The highest BCUT2D eigenvalue weighted by atomic mass is 79.9. The SMILES string of the molecule is CCCn1ncc(Br)c1C(O)C(C)(CC)OC. The quantitative estimate of drug-likeness (QED) is 0.879. The minimum absolute atomic E-state index is 0.589. The first-order chi connectivity index (χ1) is 8.00. The van der Waals surface area contributed by atoms with Gasteiger partial charge in [-0.15, -0.1) is 0 Å². The minimum atomic E-state index is -0.694. The van der Waals surface area contributed by atoms with Gasteiger partial charge in [0.1, 0.15) is 6.10 Å². The zero-order valence-corrected chi connectivity index (χ0v) is 12.5. The fourth-order valence-corrected chi connectivity index (χ4v) is 2.29. The lowest BCUT2D eigenvalue weighted by Crippen LogP contribution is -2.36. The summed E-state index contributed by atoms with van der Waals surface area (Å²) < 4.78 is 8.11. The van der Waals surface area contributed by atoms with Crippen LogP contribution in [0.25, 0.3) is 0 Å². The number of aryl methyl sites for hydroxylation is 1. The first-order valence-electron chi connectivity index (χ1n) is 5.94. The molecule has 98 valence electrons.